The largest absolute Gasteiger partial charge is 0.354 e. The Kier molecular flexibility index (Phi) is 10.1. The van der Waals surface area contributed by atoms with E-state index in [1.165, 1.54) is 0 Å². The van der Waals surface area contributed by atoms with E-state index in [-0.39, 0.29) is 24.0 Å². The average Bonchev–Trinajstić information content (AvgIpc) is 3.31. The molecule has 0 saturated carbocycles. The van der Waals surface area contributed by atoms with E-state index in [0.29, 0.717) is 25.8 Å². The maximum absolute atomic E-state index is 13.3. The van der Waals surface area contributed by atoms with Gasteiger partial charge >= 0.3 is 0 Å². The van der Waals surface area contributed by atoms with Crippen molar-refractivity contribution in [1.29, 1.82) is 0 Å². The molecule has 0 radical (unpaired) electrons. The van der Waals surface area contributed by atoms with Gasteiger partial charge in [-0.05, 0) is 48.9 Å². The molecule has 0 fully saturated rings. The van der Waals surface area contributed by atoms with Gasteiger partial charge in [-0.1, -0.05) is 91.7 Å². The topological polar surface area (TPSA) is 91.1 Å². The Morgan fingerprint density at radius 3 is 2.26 bits per heavy atom. The van der Waals surface area contributed by atoms with E-state index in [2.05, 4.69) is 39.9 Å². The number of Topliss-reactive ketones (excluding diaryl/α,β-unsaturated/α-hetero) is 1. The molecule has 1 atom stereocenters. The lowest BCUT2D eigenvalue weighted by atomic mass is 10.0. The lowest BCUT2D eigenvalue weighted by Crippen LogP contribution is -2.47. The number of carbonyl (C=O) groups is 3. The van der Waals surface area contributed by atoms with E-state index >= 15 is 0 Å². The van der Waals surface area contributed by atoms with E-state index in [4.69, 9.17) is 0 Å². The van der Waals surface area contributed by atoms with Gasteiger partial charge < -0.3 is 20.4 Å². The third-order valence-corrected chi connectivity index (χ3v) is 6.93. The molecule has 0 aliphatic heterocycles. The van der Waals surface area contributed by atoms with Crippen molar-refractivity contribution in [2.75, 3.05) is 6.54 Å². The Bertz CT molecular complexity index is 1380. The van der Waals surface area contributed by atoms with Crippen molar-refractivity contribution in [2.45, 2.75) is 57.9 Å². The summed E-state index contributed by atoms with van der Waals surface area (Å²) in [5, 5.41) is 7.16. The average molecular weight is 524 g/mol. The van der Waals surface area contributed by atoms with Crippen LogP contribution in [0.25, 0.3) is 22.2 Å². The molecule has 4 aromatic rings. The highest BCUT2D eigenvalue weighted by Gasteiger charge is 2.21. The van der Waals surface area contributed by atoms with Crippen LogP contribution in [0.4, 0.5) is 0 Å². The summed E-state index contributed by atoms with van der Waals surface area (Å²) in [7, 11) is 0. The Balaban J connectivity index is 1.40. The van der Waals surface area contributed by atoms with E-state index in [9.17, 15) is 14.4 Å². The van der Waals surface area contributed by atoms with E-state index in [1.54, 1.807) is 6.92 Å². The van der Waals surface area contributed by atoms with Gasteiger partial charge in [0.15, 0.2) is 0 Å². The van der Waals surface area contributed by atoms with Crippen LogP contribution in [-0.4, -0.2) is 35.2 Å². The van der Waals surface area contributed by atoms with Crippen molar-refractivity contribution in [3.05, 3.63) is 96.1 Å². The summed E-state index contributed by atoms with van der Waals surface area (Å²) in [6, 6.07) is 27.3. The molecule has 0 saturated heterocycles. The lowest BCUT2D eigenvalue weighted by Gasteiger charge is -2.19. The monoisotopic (exact) mass is 523 g/mol. The van der Waals surface area contributed by atoms with Crippen molar-refractivity contribution in [3.8, 4) is 11.3 Å². The number of ketones is 1. The number of hydrogen-bond acceptors (Lipinski definition) is 3. The summed E-state index contributed by atoms with van der Waals surface area (Å²) in [5.41, 5.74) is 5.29. The molecule has 6 heteroatoms. The predicted octanol–water partition coefficient (Wildman–Crippen LogP) is 5.76. The van der Waals surface area contributed by atoms with Crippen LogP contribution >= 0.6 is 0 Å². The number of H-pyrrole nitrogens is 1. The molecule has 0 spiro atoms. The number of amides is 2. The number of carbonyl (C=O) groups excluding carboxylic acids is 3. The van der Waals surface area contributed by atoms with Gasteiger partial charge in [0.2, 0.25) is 11.8 Å². The van der Waals surface area contributed by atoms with Gasteiger partial charge in [-0.2, -0.15) is 0 Å². The van der Waals surface area contributed by atoms with Crippen molar-refractivity contribution >= 4 is 28.5 Å². The minimum Gasteiger partial charge on any atom is -0.354 e. The number of aromatic nitrogens is 1. The highest BCUT2D eigenvalue weighted by atomic mass is 16.2. The van der Waals surface area contributed by atoms with Crippen LogP contribution in [0.2, 0.25) is 0 Å². The third-order valence-electron chi connectivity index (χ3n) is 6.93. The molecule has 0 bridgehead atoms. The first kappa shape index (κ1) is 27.8. The molecule has 3 N–H and O–H groups in total. The van der Waals surface area contributed by atoms with Gasteiger partial charge in [0.1, 0.15) is 11.8 Å². The summed E-state index contributed by atoms with van der Waals surface area (Å²) in [5.74, 6) is -0.176. The molecule has 0 aliphatic carbocycles. The maximum Gasteiger partial charge on any atom is 0.242 e. The quantitative estimate of drug-likeness (QED) is 0.184. The normalized spacial score (nSPS) is 11.7. The standard InChI is InChI=1S/C33H37N3O3/c1-24(37)13-5-2-10-20-30(35-31(38)23-25-14-6-3-7-15-25)33(39)34-22-21-28-27-18-11-12-19-29(27)36-32(28)26-16-8-4-9-17-26/h3-4,6-9,11-12,14-19,30,36H,2,5,10,13,20-23H2,1H3,(H,34,39)(H,35,38)/t30-/m0/s1. The molecule has 202 valence electrons. The van der Waals surface area contributed by atoms with Crippen LogP contribution < -0.4 is 10.6 Å². The molecule has 3 aromatic carbocycles. The number of fused-ring (bicyclic) bond motifs is 1. The van der Waals surface area contributed by atoms with Gasteiger partial charge in [0.25, 0.3) is 0 Å². The van der Waals surface area contributed by atoms with E-state index in [0.717, 1.165) is 52.5 Å². The Labute approximate surface area is 230 Å². The van der Waals surface area contributed by atoms with Crippen LogP contribution in [0.3, 0.4) is 0 Å². The zero-order chi connectivity index (χ0) is 27.5. The summed E-state index contributed by atoms with van der Waals surface area (Å²) in [6.07, 6.45) is 4.36. The number of para-hydroxylation sites is 1. The second-order valence-electron chi connectivity index (χ2n) is 10.0. The highest BCUT2D eigenvalue weighted by Crippen LogP contribution is 2.30. The number of hydrogen-bond donors (Lipinski definition) is 3. The van der Waals surface area contributed by atoms with Gasteiger partial charge in [-0.3, -0.25) is 9.59 Å². The van der Waals surface area contributed by atoms with E-state index in [1.807, 2.05) is 60.7 Å². The minimum atomic E-state index is -0.616. The zero-order valence-electron chi connectivity index (χ0n) is 22.5. The second kappa shape index (κ2) is 14.1. The fraction of sp³-hybridized carbons (Fsp3) is 0.303. The number of rotatable bonds is 14. The smallest absolute Gasteiger partial charge is 0.242 e. The predicted molar refractivity (Wildman–Crippen MR) is 156 cm³/mol. The van der Waals surface area contributed by atoms with Crippen LogP contribution in [0.15, 0.2) is 84.9 Å². The highest BCUT2D eigenvalue weighted by molar-refractivity contribution is 5.91. The molecule has 0 aliphatic rings. The van der Waals surface area contributed by atoms with Crippen LogP contribution in [0.5, 0.6) is 0 Å². The molecule has 6 nitrogen and oxygen atoms in total. The molecule has 1 heterocycles. The molecular formula is C33H37N3O3. The molecule has 2 amide bonds. The Morgan fingerprint density at radius 2 is 1.51 bits per heavy atom. The first-order valence-corrected chi connectivity index (χ1v) is 13.8. The van der Waals surface area contributed by atoms with Gasteiger partial charge in [0.05, 0.1) is 6.42 Å². The molecule has 39 heavy (non-hydrogen) atoms. The van der Waals surface area contributed by atoms with Gasteiger partial charge in [-0.15, -0.1) is 0 Å². The maximum atomic E-state index is 13.3. The molecule has 4 rings (SSSR count). The van der Waals surface area contributed by atoms with Crippen molar-refractivity contribution < 1.29 is 14.4 Å². The second-order valence-corrected chi connectivity index (χ2v) is 10.0. The van der Waals surface area contributed by atoms with Crippen LogP contribution in [0, 0.1) is 0 Å². The Hall–Kier alpha value is -4.19. The fourth-order valence-corrected chi connectivity index (χ4v) is 4.94. The first-order valence-electron chi connectivity index (χ1n) is 13.8. The van der Waals surface area contributed by atoms with Crippen LogP contribution in [-0.2, 0) is 27.2 Å². The van der Waals surface area contributed by atoms with Crippen molar-refractivity contribution in [1.82, 2.24) is 15.6 Å². The molecule has 1 aromatic heterocycles. The summed E-state index contributed by atoms with van der Waals surface area (Å²) >= 11 is 0. The number of nitrogens with one attached hydrogen (secondary N) is 3. The van der Waals surface area contributed by atoms with Crippen molar-refractivity contribution in [3.63, 3.8) is 0 Å². The minimum absolute atomic E-state index is 0.173. The summed E-state index contributed by atoms with van der Waals surface area (Å²) in [4.78, 5) is 40.8. The van der Waals surface area contributed by atoms with Crippen molar-refractivity contribution in [2.24, 2.45) is 0 Å². The zero-order valence-corrected chi connectivity index (χ0v) is 22.5. The first-order chi connectivity index (χ1) is 19.0. The molecular weight excluding hydrogens is 486 g/mol. The third kappa shape index (κ3) is 8.14. The van der Waals surface area contributed by atoms with E-state index < -0.39 is 6.04 Å². The lowest BCUT2D eigenvalue weighted by molar-refractivity contribution is -0.128. The van der Waals surface area contributed by atoms with Gasteiger partial charge in [-0.25, -0.2) is 0 Å². The number of unbranched alkanes of at least 4 members (excludes halogenated alkanes) is 2. The fourth-order valence-electron chi connectivity index (χ4n) is 4.94. The Morgan fingerprint density at radius 1 is 0.821 bits per heavy atom. The molecule has 0 unspecified atom stereocenters. The van der Waals surface area contributed by atoms with Gasteiger partial charge in [0, 0.05) is 29.6 Å². The summed E-state index contributed by atoms with van der Waals surface area (Å²) < 4.78 is 0. The number of aromatic amines is 1. The van der Waals surface area contributed by atoms with Crippen LogP contribution in [0.1, 0.15) is 50.2 Å². The summed E-state index contributed by atoms with van der Waals surface area (Å²) in [6.45, 7) is 2.05. The SMILES string of the molecule is CC(=O)CCCCC[C@H](NC(=O)Cc1ccccc1)C(=O)NCCc1c(-c2ccccc2)[nH]c2ccccc12. The number of benzene rings is 3.